The Morgan fingerprint density at radius 3 is 2.75 bits per heavy atom. The summed E-state index contributed by atoms with van der Waals surface area (Å²) in [4.78, 5) is 1.33. The van der Waals surface area contributed by atoms with Crippen LogP contribution in [0.4, 0.5) is 0 Å². The van der Waals surface area contributed by atoms with E-state index in [-0.39, 0.29) is 10.6 Å². The molecule has 106 valence electrons. The summed E-state index contributed by atoms with van der Waals surface area (Å²) < 4.78 is 0. The SMILES string of the molecule is [B]C1C=Cc2cc(C(C)(C)CCSC)c(CC)cc2S1. The van der Waals surface area contributed by atoms with E-state index in [0.29, 0.717) is 0 Å². The monoisotopic (exact) mass is 302 g/mol. The normalized spacial score (nSPS) is 18.1. The fourth-order valence-corrected chi connectivity index (χ4v) is 4.31. The molecule has 0 N–H and O–H groups in total. The van der Waals surface area contributed by atoms with Gasteiger partial charge in [0.25, 0.3) is 0 Å². The second-order valence-electron chi connectivity index (χ2n) is 5.97. The molecule has 1 aliphatic rings. The summed E-state index contributed by atoms with van der Waals surface area (Å²) in [6.07, 6.45) is 8.77. The van der Waals surface area contributed by atoms with E-state index in [4.69, 9.17) is 7.85 Å². The molecule has 3 heteroatoms. The van der Waals surface area contributed by atoms with Crippen molar-refractivity contribution in [3.63, 3.8) is 0 Å². The standard InChI is InChI=1S/C17H23BS2/c1-5-12-11-15-13(6-7-16(18)20-15)10-14(12)17(2,3)8-9-19-4/h6-7,10-11,16H,5,8-9H2,1-4H3. The molecule has 20 heavy (non-hydrogen) atoms. The number of benzene rings is 1. The molecule has 0 spiro atoms. The summed E-state index contributed by atoms with van der Waals surface area (Å²) >= 11 is 3.70. The molecule has 0 bridgehead atoms. The first kappa shape index (κ1) is 16.1. The predicted molar refractivity (Wildman–Crippen MR) is 96.3 cm³/mol. The first-order chi connectivity index (χ1) is 9.47. The van der Waals surface area contributed by atoms with E-state index in [0.717, 1.165) is 6.42 Å². The minimum Gasteiger partial charge on any atom is -0.165 e. The third-order valence-corrected chi connectivity index (χ3v) is 5.65. The lowest BCUT2D eigenvalue weighted by molar-refractivity contribution is 0.505. The van der Waals surface area contributed by atoms with E-state index in [2.05, 4.69) is 51.3 Å². The molecule has 1 unspecified atom stereocenters. The first-order valence-electron chi connectivity index (χ1n) is 7.24. The molecule has 2 radical (unpaired) electrons. The molecule has 1 atom stereocenters. The third-order valence-electron chi connectivity index (χ3n) is 4.01. The molecule has 0 aliphatic carbocycles. The molecule has 1 heterocycles. The molecular formula is C17H23BS2. The second kappa shape index (κ2) is 6.66. The Kier molecular flexibility index (Phi) is 5.36. The smallest absolute Gasteiger partial charge is 0.0907 e. The maximum Gasteiger partial charge on any atom is 0.0907 e. The highest BCUT2D eigenvalue weighted by atomic mass is 32.2. The number of aryl methyl sites for hydroxylation is 1. The van der Waals surface area contributed by atoms with E-state index >= 15 is 0 Å². The zero-order valence-electron chi connectivity index (χ0n) is 12.9. The summed E-state index contributed by atoms with van der Waals surface area (Å²) in [5.41, 5.74) is 4.56. The molecule has 1 aliphatic heterocycles. The van der Waals surface area contributed by atoms with Crippen LogP contribution in [0.2, 0.25) is 0 Å². The van der Waals surface area contributed by atoms with Crippen molar-refractivity contribution in [2.75, 3.05) is 12.0 Å². The minimum absolute atomic E-state index is 0.0996. The van der Waals surface area contributed by atoms with Crippen molar-refractivity contribution < 1.29 is 0 Å². The maximum atomic E-state index is 6.00. The van der Waals surface area contributed by atoms with Gasteiger partial charge in [-0.25, -0.2) is 0 Å². The Balaban J connectivity index is 2.42. The van der Waals surface area contributed by atoms with Gasteiger partial charge in [0, 0.05) is 4.90 Å². The average molecular weight is 302 g/mol. The van der Waals surface area contributed by atoms with Gasteiger partial charge in [-0.15, -0.1) is 11.8 Å². The van der Waals surface area contributed by atoms with Gasteiger partial charge in [0.1, 0.15) is 0 Å². The average Bonchev–Trinajstić information content (AvgIpc) is 2.43. The zero-order chi connectivity index (χ0) is 14.8. The van der Waals surface area contributed by atoms with Gasteiger partial charge >= 0.3 is 0 Å². The Bertz CT molecular complexity index is 506. The van der Waals surface area contributed by atoms with Crippen molar-refractivity contribution in [1.29, 1.82) is 0 Å². The van der Waals surface area contributed by atoms with Gasteiger partial charge in [0.05, 0.1) is 7.85 Å². The first-order valence-corrected chi connectivity index (χ1v) is 9.52. The maximum absolute atomic E-state index is 6.00. The van der Waals surface area contributed by atoms with Gasteiger partial charge in [-0.1, -0.05) is 32.9 Å². The van der Waals surface area contributed by atoms with Crippen molar-refractivity contribution in [2.45, 2.75) is 49.1 Å². The third kappa shape index (κ3) is 3.48. The number of fused-ring (bicyclic) bond motifs is 1. The van der Waals surface area contributed by atoms with Crippen LogP contribution in [0.15, 0.2) is 23.1 Å². The summed E-state index contributed by atoms with van der Waals surface area (Å²) in [7, 11) is 6.00. The molecule has 2 rings (SSSR count). The van der Waals surface area contributed by atoms with Crippen LogP contribution < -0.4 is 0 Å². The number of thioether (sulfide) groups is 2. The molecule has 0 saturated carbocycles. The molecule has 0 fully saturated rings. The second-order valence-corrected chi connectivity index (χ2v) is 8.17. The highest BCUT2D eigenvalue weighted by Gasteiger charge is 2.25. The van der Waals surface area contributed by atoms with Gasteiger partial charge in [0.2, 0.25) is 0 Å². The molecule has 0 nitrogen and oxygen atoms in total. The summed E-state index contributed by atoms with van der Waals surface area (Å²) in [5, 5.41) is 0.0996. The topological polar surface area (TPSA) is 0 Å². The van der Waals surface area contributed by atoms with Crippen LogP contribution in [-0.2, 0) is 11.8 Å². The lowest BCUT2D eigenvalue weighted by Crippen LogP contribution is -2.21. The van der Waals surface area contributed by atoms with Crippen molar-refractivity contribution in [3.05, 3.63) is 34.9 Å². The van der Waals surface area contributed by atoms with Crippen molar-refractivity contribution in [3.8, 4) is 0 Å². The lowest BCUT2D eigenvalue weighted by Gasteiger charge is -2.30. The van der Waals surface area contributed by atoms with Crippen molar-refractivity contribution in [2.24, 2.45) is 0 Å². The Labute approximate surface area is 133 Å². The molecule has 0 aromatic heterocycles. The number of hydrogen-bond acceptors (Lipinski definition) is 2. The van der Waals surface area contributed by atoms with E-state index < -0.39 is 0 Å². The van der Waals surface area contributed by atoms with Crippen LogP contribution >= 0.6 is 23.5 Å². The fraction of sp³-hybridized carbons (Fsp3) is 0.529. The van der Waals surface area contributed by atoms with Crippen molar-refractivity contribution >= 4 is 37.4 Å². The predicted octanol–water partition coefficient (Wildman–Crippen LogP) is 4.89. The van der Waals surface area contributed by atoms with Gasteiger partial charge < -0.3 is 0 Å². The lowest BCUT2D eigenvalue weighted by atomic mass is 9.78. The number of hydrogen-bond donors (Lipinski definition) is 0. The van der Waals surface area contributed by atoms with E-state index in [1.165, 1.54) is 33.8 Å². The Hall–Kier alpha value is -0.275. The Morgan fingerprint density at radius 1 is 1.35 bits per heavy atom. The van der Waals surface area contributed by atoms with Gasteiger partial charge in [-0.05, 0) is 64.2 Å². The molecule has 1 aromatic carbocycles. The minimum atomic E-state index is 0.0996. The molecule has 0 saturated heterocycles. The van der Waals surface area contributed by atoms with Gasteiger partial charge in [0.15, 0.2) is 0 Å². The highest BCUT2D eigenvalue weighted by Crippen LogP contribution is 2.39. The van der Waals surface area contributed by atoms with Crippen molar-refractivity contribution in [1.82, 2.24) is 0 Å². The van der Waals surface area contributed by atoms with E-state index in [9.17, 15) is 0 Å². The van der Waals surface area contributed by atoms with Gasteiger partial charge in [-0.3, -0.25) is 0 Å². The largest absolute Gasteiger partial charge is 0.165 e. The summed E-state index contributed by atoms with van der Waals surface area (Å²) in [6, 6.07) is 4.75. The highest BCUT2D eigenvalue weighted by molar-refractivity contribution is 8.01. The van der Waals surface area contributed by atoms with E-state index in [1.807, 2.05) is 11.8 Å². The quantitative estimate of drug-likeness (QED) is 0.710. The van der Waals surface area contributed by atoms with Crippen LogP contribution in [0.1, 0.15) is 43.9 Å². The zero-order valence-corrected chi connectivity index (χ0v) is 14.5. The van der Waals surface area contributed by atoms with Crippen LogP contribution in [0.25, 0.3) is 6.08 Å². The van der Waals surface area contributed by atoms with Crippen LogP contribution in [0.3, 0.4) is 0 Å². The molecule has 1 aromatic rings. The summed E-state index contributed by atoms with van der Waals surface area (Å²) in [6.45, 7) is 6.99. The van der Waals surface area contributed by atoms with Gasteiger partial charge in [-0.2, -0.15) is 11.8 Å². The van der Waals surface area contributed by atoms with E-state index in [1.54, 1.807) is 11.8 Å². The van der Waals surface area contributed by atoms with Crippen LogP contribution in [0.5, 0.6) is 0 Å². The molecule has 0 amide bonds. The van der Waals surface area contributed by atoms with Crippen LogP contribution in [-0.4, -0.2) is 25.0 Å². The fourth-order valence-electron chi connectivity index (χ4n) is 2.67. The number of rotatable bonds is 5. The summed E-state index contributed by atoms with van der Waals surface area (Å²) in [5.74, 6) is 1.21. The van der Waals surface area contributed by atoms with Crippen LogP contribution in [0, 0.1) is 0 Å². The Morgan fingerprint density at radius 2 is 2.10 bits per heavy atom. The molecular weight excluding hydrogens is 279 g/mol.